The molecule has 228 valence electrons. The van der Waals surface area contributed by atoms with Crippen LogP contribution in [0.25, 0.3) is 0 Å². The highest BCUT2D eigenvalue weighted by molar-refractivity contribution is 5.73. The van der Waals surface area contributed by atoms with E-state index in [-0.39, 0.29) is 12.3 Å². The lowest BCUT2D eigenvalue weighted by Gasteiger charge is -2.16. The highest BCUT2D eigenvalue weighted by Gasteiger charge is 2.38. The van der Waals surface area contributed by atoms with Crippen LogP contribution in [-0.2, 0) is 40.2 Å². The smallest absolute Gasteiger partial charge is 0.490 e. The van der Waals surface area contributed by atoms with Crippen molar-refractivity contribution in [1.82, 2.24) is 15.1 Å². The number of carboxylic acid groups (broad SMARTS) is 2. The van der Waals surface area contributed by atoms with Gasteiger partial charge >= 0.3 is 18.1 Å². The summed E-state index contributed by atoms with van der Waals surface area (Å²) in [7, 11) is 3.11. The Hall–Kier alpha value is -4.40. The van der Waals surface area contributed by atoms with Crippen molar-refractivity contribution >= 4 is 17.8 Å². The van der Waals surface area contributed by atoms with E-state index in [0.717, 1.165) is 42.0 Å². The number of pyridine rings is 1. The normalized spacial score (nSPS) is 13.5. The van der Waals surface area contributed by atoms with Gasteiger partial charge in [-0.3, -0.25) is 4.79 Å². The van der Waals surface area contributed by atoms with E-state index >= 15 is 0 Å². The largest absolute Gasteiger partial charge is 0.497 e. The average Bonchev–Trinajstić information content (AvgIpc) is 3.25. The number of benzene rings is 1. The Balaban J connectivity index is 0.000000616. The summed E-state index contributed by atoms with van der Waals surface area (Å²) in [5.74, 6) is -0.965. The molecule has 12 nitrogen and oxygen atoms in total. The Kier molecular flexibility index (Phi) is 11.5. The van der Waals surface area contributed by atoms with Gasteiger partial charge in [0.05, 0.1) is 33.9 Å². The lowest BCUT2D eigenvalue weighted by Crippen LogP contribution is -2.21. The monoisotopic (exact) mass is 596 g/mol. The van der Waals surface area contributed by atoms with E-state index in [4.69, 9.17) is 33.6 Å². The molecule has 0 aliphatic carbocycles. The third kappa shape index (κ3) is 9.90. The molecule has 1 aliphatic heterocycles. The van der Waals surface area contributed by atoms with Crippen molar-refractivity contribution in [2.75, 3.05) is 32.7 Å². The summed E-state index contributed by atoms with van der Waals surface area (Å²) in [5, 5.41) is 24.0. The first kappa shape index (κ1) is 32.1. The molecule has 42 heavy (non-hydrogen) atoms. The van der Waals surface area contributed by atoms with Gasteiger partial charge in [-0.15, -0.1) is 0 Å². The second kappa shape index (κ2) is 15.0. The number of carbonyl (C=O) groups is 2. The number of alkyl halides is 3. The van der Waals surface area contributed by atoms with E-state index in [9.17, 15) is 23.1 Å². The highest BCUT2D eigenvalue weighted by Crippen LogP contribution is 2.31. The molecule has 1 aliphatic rings. The molecule has 15 heteroatoms. The van der Waals surface area contributed by atoms with E-state index in [1.54, 1.807) is 20.3 Å². The quantitative estimate of drug-likeness (QED) is 0.291. The minimum Gasteiger partial charge on any atom is -0.497 e. The third-order valence-corrected chi connectivity index (χ3v) is 6.11. The molecule has 1 atom stereocenters. The first-order valence-corrected chi connectivity index (χ1v) is 12.8. The highest BCUT2D eigenvalue weighted by atomic mass is 19.4. The summed E-state index contributed by atoms with van der Waals surface area (Å²) in [5.41, 5.74) is 2.84. The Morgan fingerprint density at radius 3 is 2.38 bits per heavy atom. The number of nitrogens with zero attached hydrogens (tertiary/aromatic N) is 3. The van der Waals surface area contributed by atoms with E-state index in [0.29, 0.717) is 49.3 Å². The predicted molar refractivity (Wildman–Crippen MR) is 141 cm³/mol. The molecule has 3 aromatic rings. The molecule has 4 rings (SSSR count). The number of anilines is 1. The van der Waals surface area contributed by atoms with Crippen LogP contribution in [0, 0.1) is 0 Å². The van der Waals surface area contributed by atoms with Crippen molar-refractivity contribution in [3.63, 3.8) is 0 Å². The van der Waals surface area contributed by atoms with E-state index < -0.39 is 18.1 Å². The van der Waals surface area contributed by atoms with Gasteiger partial charge in [-0.1, -0.05) is 11.2 Å². The SMILES string of the molecule is COc1cc(OC)cc(C(CC(=O)O)Cc2nc(CCCc3ccc4c(n3)NCCOC4)no2)c1.O=C(O)C(F)(F)F. The molecular formula is C27H31F3N4O8. The van der Waals surface area contributed by atoms with Crippen LogP contribution in [-0.4, -0.2) is 70.8 Å². The number of hydrogen-bond acceptors (Lipinski definition) is 10. The summed E-state index contributed by atoms with van der Waals surface area (Å²) in [4.78, 5) is 29.6. The summed E-state index contributed by atoms with van der Waals surface area (Å²) >= 11 is 0. The molecule has 0 spiro atoms. The van der Waals surface area contributed by atoms with Gasteiger partial charge in [-0.25, -0.2) is 9.78 Å². The molecule has 2 aromatic heterocycles. The minimum absolute atomic E-state index is 0.0862. The van der Waals surface area contributed by atoms with E-state index in [1.807, 2.05) is 18.2 Å². The molecule has 1 aromatic carbocycles. The maximum Gasteiger partial charge on any atom is 0.490 e. The number of aliphatic carboxylic acids is 2. The van der Waals surface area contributed by atoms with Crippen molar-refractivity contribution in [1.29, 1.82) is 0 Å². The van der Waals surface area contributed by atoms with Gasteiger partial charge in [0.2, 0.25) is 5.89 Å². The zero-order valence-corrected chi connectivity index (χ0v) is 22.9. The second-order valence-corrected chi connectivity index (χ2v) is 9.20. The fraction of sp³-hybridized carbons (Fsp3) is 0.444. The fourth-order valence-electron chi connectivity index (χ4n) is 4.06. The molecule has 3 N–H and O–H groups in total. The topological polar surface area (TPSA) is 166 Å². The van der Waals surface area contributed by atoms with E-state index in [1.165, 1.54) is 0 Å². The van der Waals surface area contributed by atoms with Crippen molar-refractivity contribution in [2.24, 2.45) is 0 Å². The van der Waals surface area contributed by atoms with Gasteiger partial charge in [0.1, 0.15) is 17.3 Å². The Bertz CT molecular complexity index is 1330. The molecule has 3 heterocycles. The Labute approximate surface area is 238 Å². The summed E-state index contributed by atoms with van der Waals surface area (Å²) in [6.07, 6.45) is -2.64. The number of aromatic nitrogens is 3. The maximum atomic E-state index is 11.5. The van der Waals surface area contributed by atoms with Crippen molar-refractivity contribution in [2.45, 2.75) is 50.8 Å². The number of rotatable bonds is 11. The first-order chi connectivity index (χ1) is 20.0. The van der Waals surface area contributed by atoms with Crippen LogP contribution >= 0.6 is 0 Å². The number of fused-ring (bicyclic) bond motifs is 1. The van der Waals surface area contributed by atoms with Crippen LogP contribution in [0.1, 0.15) is 47.3 Å². The van der Waals surface area contributed by atoms with Gasteiger partial charge in [-0.2, -0.15) is 18.2 Å². The van der Waals surface area contributed by atoms with Gasteiger partial charge in [0.25, 0.3) is 0 Å². The van der Waals surface area contributed by atoms with Crippen molar-refractivity contribution in [3.8, 4) is 11.5 Å². The molecule has 1 unspecified atom stereocenters. The molecular weight excluding hydrogens is 565 g/mol. The number of carboxylic acids is 2. The Morgan fingerprint density at radius 2 is 1.76 bits per heavy atom. The standard InChI is InChI=1S/C25H30N4O6.C2HF3O2/c1-32-20-10-17(11-21(14-20)33-2)18(13-24(30)31)12-23-28-22(29-35-23)5-3-4-19-7-6-16-15-34-9-8-26-25(16)27-19;3-2(4,5)1(6)7/h6-7,10-11,14,18H,3-5,8-9,12-13,15H2,1-2H3,(H,26,27)(H,30,31);(H,6,7). The first-order valence-electron chi connectivity index (χ1n) is 12.8. The Morgan fingerprint density at radius 1 is 1.07 bits per heavy atom. The van der Waals surface area contributed by atoms with Crippen molar-refractivity contribution in [3.05, 3.63) is 58.9 Å². The molecule has 0 radical (unpaired) electrons. The zero-order chi connectivity index (χ0) is 30.7. The van der Waals surface area contributed by atoms with Gasteiger partial charge in [0, 0.05) is 42.6 Å². The number of nitrogens with one attached hydrogen (secondary N) is 1. The average molecular weight is 597 g/mol. The number of methoxy groups -OCH3 is 2. The fourth-order valence-corrected chi connectivity index (χ4v) is 4.06. The summed E-state index contributed by atoms with van der Waals surface area (Å²) < 4.78 is 53.4. The van der Waals surface area contributed by atoms with Gasteiger partial charge < -0.3 is 34.3 Å². The zero-order valence-electron chi connectivity index (χ0n) is 22.9. The van der Waals surface area contributed by atoms with Gasteiger partial charge in [-0.05, 0) is 36.6 Å². The molecule has 0 fully saturated rings. The molecule has 0 bridgehead atoms. The predicted octanol–water partition coefficient (Wildman–Crippen LogP) is 4.03. The number of hydrogen-bond donors (Lipinski definition) is 3. The third-order valence-electron chi connectivity index (χ3n) is 6.11. The van der Waals surface area contributed by atoms with Crippen molar-refractivity contribution < 1.29 is 51.7 Å². The van der Waals surface area contributed by atoms with Crippen LogP contribution in [0.3, 0.4) is 0 Å². The number of ether oxygens (including phenoxy) is 3. The van der Waals surface area contributed by atoms with E-state index in [2.05, 4.69) is 21.5 Å². The number of halogens is 3. The van der Waals surface area contributed by atoms with Crippen LogP contribution in [0.4, 0.5) is 19.0 Å². The van der Waals surface area contributed by atoms with Crippen LogP contribution in [0.2, 0.25) is 0 Å². The lowest BCUT2D eigenvalue weighted by molar-refractivity contribution is -0.192. The second-order valence-electron chi connectivity index (χ2n) is 9.20. The molecule has 0 saturated heterocycles. The van der Waals surface area contributed by atoms with Crippen LogP contribution in [0.5, 0.6) is 11.5 Å². The molecule has 0 saturated carbocycles. The lowest BCUT2D eigenvalue weighted by atomic mass is 9.92. The maximum absolute atomic E-state index is 11.5. The molecule has 0 amide bonds. The summed E-state index contributed by atoms with van der Waals surface area (Å²) in [6.45, 7) is 2.00. The summed E-state index contributed by atoms with van der Waals surface area (Å²) in [6, 6.07) is 9.44. The van der Waals surface area contributed by atoms with Gasteiger partial charge in [0.15, 0.2) is 5.82 Å². The number of aryl methyl sites for hydroxylation is 2. The van der Waals surface area contributed by atoms with Crippen LogP contribution in [0.15, 0.2) is 34.9 Å². The van der Waals surface area contributed by atoms with Crippen LogP contribution < -0.4 is 14.8 Å². The minimum atomic E-state index is -5.08.